The average Bonchev–Trinajstić information content (AvgIpc) is 2.53. The molecule has 0 heterocycles. The lowest BCUT2D eigenvalue weighted by Gasteiger charge is -2.14. The van der Waals surface area contributed by atoms with E-state index in [0.29, 0.717) is 5.92 Å². The van der Waals surface area contributed by atoms with Crippen molar-refractivity contribution in [3.63, 3.8) is 0 Å². The van der Waals surface area contributed by atoms with E-state index in [-0.39, 0.29) is 5.92 Å². The van der Waals surface area contributed by atoms with E-state index in [2.05, 4.69) is 20.8 Å². The van der Waals surface area contributed by atoms with Crippen LogP contribution in [0, 0.1) is 11.8 Å². The Morgan fingerprint density at radius 1 is 0.708 bits per heavy atom. The van der Waals surface area contributed by atoms with Gasteiger partial charge in [0, 0.05) is 0 Å². The Balaban J connectivity index is 3.28. The molecule has 0 aromatic carbocycles. The third kappa shape index (κ3) is 16.3. The van der Waals surface area contributed by atoms with Crippen LogP contribution in [0.4, 0.5) is 0 Å². The predicted octanol–water partition coefficient (Wildman–Crippen LogP) is 7.60. The summed E-state index contributed by atoms with van der Waals surface area (Å²) in [5.74, 6) is -0.238. The summed E-state index contributed by atoms with van der Waals surface area (Å²) in [5.41, 5.74) is 0. The molecular formula is C22H44O2. The van der Waals surface area contributed by atoms with Crippen molar-refractivity contribution in [2.75, 3.05) is 0 Å². The molecule has 0 rings (SSSR count). The van der Waals surface area contributed by atoms with E-state index in [4.69, 9.17) is 0 Å². The normalized spacial score (nSPS) is 12.7. The predicted molar refractivity (Wildman–Crippen MR) is 106 cm³/mol. The smallest absolute Gasteiger partial charge is 0.306 e. The van der Waals surface area contributed by atoms with Gasteiger partial charge in [-0.1, -0.05) is 111 Å². The van der Waals surface area contributed by atoms with Gasteiger partial charge in [0.05, 0.1) is 5.92 Å². The zero-order chi connectivity index (χ0) is 18.0. The molecule has 0 aromatic rings. The minimum atomic E-state index is -0.599. The van der Waals surface area contributed by atoms with Crippen molar-refractivity contribution in [1.82, 2.24) is 0 Å². The highest BCUT2D eigenvalue weighted by Gasteiger charge is 2.17. The molecule has 2 heteroatoms. The second kappa shape index (κ2) is 17.3. The fourth-order valence-electron chi connectivity index (χ4n) is 3.50. The van der Waals surface area contributed by atoms with Crippen molar-refractivity contribution in [2.45, 2.75) is 124 Å². The van der Waals surface area contributed by atoms with Crippen molar-refractivity contribution in [3.05, 3.63) is 0 Å². The molecule has 24 heavy (non-hydrogen) atoms. The largest absolute Gasteiger partial charge is 0.481 e. The number of rotatable bonds is 18. The molecule has 1 unspecified atom stereocenters. The summed E-state index contributed by atoms with van der Waals surface area (Å²) in [6.07, 6.45) is 20.6. The van der Waals surface area contributed by atoms with E-state index < -0.39 is 5.97 Å². The Morgan fingerprint density at radius 2 is 1.08 bits per heavy atom. The first-order valence-electron chi connectivity index (χ1n) is 10.8. The van der Waals surface area contributed by atoms with Crippen LogP contribution in [-0.2, 0) is 4.79 Å². The molecule has 1 N–H and O–H groups in total. The zero-order valence-corrected chi connectivity index (χ0v) is 16.8. The average molecular weight is 341 g/mol. The molecule has 0 fully saturated rings. The number of aliphatic carboxylic acids is 1. The fourth-order valence-corrected chi connectivity index (χ4v) is 3.50. The standard InChI is InChI=1S/C22H44O2/c1-4-5-6-7-8-9-10-11-12-13-14-15-16-17-18-21(22(23)24)19-20(2)3/h20-21H,4-19H2,1-3H3,(H,23,24). The van der Waals surface area contributed by atoms with Crippen LogP contribution in [-0.4, -0.2) is 11.1 Å². The molecule has 0 radical (unpaired) electrons. The summed E-state index contributed by atoms with van der Waals surface area (Å²) in [6, 6.07) is 0. The summed E-state index contributed by atoms with van der Waals surface area (Å²) >= 11 is 0. The van der Waals surface area contributed by atoms with E-state index in [1.165, 1.54) is 83.5 Å². The van der Waals surface area contributed by atoms with Crippen LogP contribution in [0.25, 0.3) is 0 Å². The Morgan fingerprint density at radius 3 is 1.42 bits per heavy atom. The lowest BCUT2D eigenvalue weighted by atomic mass is 9.92. The topological polar surface area (TPSA) is 37.3 Å². The molecule has 0 saturated carbocycles. The lowest BCUT2D eigenvalue weighted by molar-refractivity contribution is -0.142. The van der Waals surface area contributed by atoms with Gasteiger partial charge in [0.1, 0.15) is 0 Å². The van der Waals surface area contributed by atoms with Gasteiger partial charge in [-0.2, -0.15) is 0 Å². The first-order chi connectivity index (χ1) is 11.6. The quantitative estimate of drug-likeness (QED) is 0.261. The Labute approximate surface area is 151 Å². The highest BCUT2D eigenvalue weighted by molar-refractivity contribution is 5.69. The van der Waals surface area contributed by atoms with Crippen LogP contribution in [0.15, 0.2) is 0 Å². The second-order valence-electron chi connectivity index (χ2n) is 8.05. The Bertz CT molecular complexity index is 273. The number of unbranched alkanes of at least 4 members (excludes halogenated alkanes) is 13. The van der Waals surface area contributed by atoms with E-state index in [1.54, 1.807) is 0 Å². The number of hydrogen-bond acceptors (Lipinski definition) is 1. The molecule has 1 atom stereocenters. The van der Waals surface area contributed by atoms with Gasteiger partial charge in [0.15, 0.2) is 0 Å². The van der Waals surface area contributed by atoms with Crippen LogP contribution in [0.5, 0.6) is 0 Å². The molecule has 0 amide bonds. The van der Waals surface area contributed by atoms with Crippen molar-refractivity contribution < 1.29 is 9.90 Å². The highest BCUT2D eigenvalue weighted by Crippen LogP contribution is 2.20. The van der Waals surface area contributed by atoms with Crippen molar-refractivity contribution >= 4 is 5.97 Å². The molecule has 0 aromatic heterocycles. The third-order valence-electron chi connectivity index (χ3n) is 5.01. The van der Waals surface area contributed by atoms with Gasteiger partial charge in [-0.15, -0.1) is 0 Å². The number of carbonyl (C=O) groups is 1. The molecular weight excluding hydrogens is 296 g/mol. The van der Waals surface area contributed by atoms with Gasteiger partial charge < -0.3 is 5.11 Å². The van der Waals surface area contributed by atoms with Crippen LogP contribution in [0.2, 0.25) is 0 Å². The summed E-state index contributed by atoms with van der Waals surface area (Å²) in [7, 11) is 0. The van der Waals surface area contributed by atoms with E-state index >= 15 is 0 Å². The summed E-state index contributed by atoms with van der Waals surface area (Å²) < 4.78 is 0. The highest BCUT2D eigenvalue weighted by atomic mass is 16.4. The van der Waals surface area contributed by atoms with Crippen LogP contribution >= 0.6 is 0 Å². The SMILES string of the molecule is CCCCCCCCCCCCCCCCC(CC(C)C)C(=O)O. The Kier molecular flexibility index (Phi) is 16.9. The van der Waals surface area contributed by atoms with Gasteiger partial charge in [0.2, 0.25) is 0 Å². The first kappa shape index (κ1) is 23.5. The zero-order valence-electron chi connectivity index (χ0n) is 16.8. The molecule has 0 spiro atoms. The molecule has 0 aliphatic carbocycles. The van der Waals surface area contributed by atoms with Gasteiger partial charge in [-0.3, -0.25) is 4.79 Å². The third-order valence-corrected chi connectivity index (χ3v) is 5.01. The minimum Gasteiger partial charge on any atom is -0.481 e. The molecule has 0 aliphatic heterocycles. The summed E-state index contributed by atoms with van der Waals surface area (Å²) in [6.45, 7) is 6.50. The number of hydrogen-bond donors (Lipinski definition) is 1. The molecule has 2 nitrogen and oxygen atoms in total. The van der Waals surface area contributed by atoms with Gasteiger partial charge in [-0.25, -0.2) is 0 Å². The maximum absolute atomic E-state index is 11.2. The molecule has 0 bridgehead atoms. The maximum Gasteiger partial charge on any atom is 0.306 e. The van der Waals surface area contributed by atoms with Gasteiger partial charge in [-0.05, 0) is 18.8 Å². The summed E-state index contributed by atoms with van der Waals surface area (Å²) in [4.78, 5) is 11.2. The van der Waals surface area contributed by atoms with Gasteiger partial charge in [0.25, 0.3) is 0 Å². The number of carboxylic acid groups (broad SMARTS) is 1. The molecule has 0 saturated heterocycles. The minimum absolute atomic E-state index is 0.123. The van der Waals surface area contributed by atoms with Crippen LogP contribution < -0.4 is 0 Å². The Hall–Kier alpha value is -0.530. The van der Waals surface area contributed by atoms with Crippen molar-refractivity contribution in [3.8, 4) is 0 Å². The van der Waals surface area contributed by atoms with Gasteiger partial charge >= 0.3 is 5.97 Å². The van der Waals surface area contributed by atoms with Crippen LogP contribution in [0.3, 0.4) is 0 Å². The number of carboxylic acids is 1. The molecule has 144 valence electrons. The van der Waals surface area contributed by atoms with Crippen molar-refractivity contribution in [1.29, 1.82) is 0 Å². The summed E-state index contributed by atoms with van der Waals surface area (Å²) in [5, 5.41) is 9.23. The van der Waals surface area contributed by atoms with E-state index in [1.807, 2.05) is 0 Å². The first-order valence-corrected chi connectivity index (χ1v) is 10.8. The lowest BCUT2D eigenvalue weighted by Crippen LogP contribution is -2.15. The monoisotopic (exact) mass is 340 g/mol. The van der Waals surface area contributed by atoms with Crippen molar-refractivity contribution in [2.24, 2.45) is 11.8 Å². The maximum atomic E-state index is 11.2. The fraction of sp³-hybridized carbons (Fsp3) is 0.955. The molecule has 0 aliphatic rings. The van der Waals surface area contributed by atoms with Crippen LogP contribution in [0.1, 0.15) is 124 Å². The van der Waals surface area contributed by atoms with E-state index in [0.717, 1.165) is 19.3 Å². The van der Waals surface area contributed by atoms with E-state index in [9.17, 15) is 9.90 Å². The second-order valence-corrected chi connectivity index (χ2v) is 8.05.